The standard InChI is InChI=1S/C21H23N5OS/c1-2-3-4-9-14-28-21-24-20(27)18-15-10-5-6-11-16(15)23-19(26(18)25-21)17-12-7-8-13-22-17/h5-8,10-13,19H,2-4,9,14H2,1H3,(H,24,25,27)/t19-/m1/s1. The highest BCUT2D eigenvalue weighted by atomic mass is 32.2. The monoisotopic (exact) mass is 393 g/mol. The molecule has 1 aromatic heterocycles. The summed E-state index contributed by atoms with van der Waals surface area (Å²) in [6, 6.07) is 13.4. The van der Waals surface area contributed by atoms with E-state index in [1.807, 2.05) is 42.5 Å². The average molecular weight is 394 g/mol. The molecular formula is C21H23N5OS. The molecule has 2 aliphatic rings. The number of thioether (sulfide) groups is 1. The Bertz CT molecular complexity index is 1000. The first-order chi connectivity index (χ1) is 13.8. The lowest BCUT2D eigenvalue weighted by molar-refractivity contribution is -0.116. The lowest BCUT2D eigenvalue weighted by atomic mass is 10.1. The topological polar surface area (TPSA) is 70.0 Å². The highest BCUT2D eigenvalue weighted by Crippen LogP contribution is 2.29. The number of rotatable bonds is 6. The molecule has 6 nitrogen and oxygen atoms in total. The van der Waals surface area contributed by atoms with Crippen LogP contribution in [0.1, 0.15) is 44.5 Å². The van der Waals surface area contributed by atoms with Crippen LogP contribution < -0.4 is 15.9 Å². The zero-order valence-corrected chi connectivity index (χ0v) is 16.7. The Morgan fingerprint density at radius 3 is 2.79 bits per heavy atom. The van der Waals surface area contributed by atoms with Crippen molar-refractivity contribution in [3.63, 3.8) is 0 Å². The Morgan fingerprint density at radius 2 is 1.96 bits per heavy atom. The number of aromatic nitrogens is 1. The van der Waals surface area contributed by atoms with E-state index in [1.54, 1.807) is 23.0 Å². The van der Waals surface area contributed by atoms with Crippen molar-refractivity contribution in [2.45, 2.75) is 38.8 Å². The molecule has 1 N–H and O–H groups in total. The zero-order valence-electron chi connectivity index (χ0n) is 15.8. The van der Waals surface area contributed by atoms with Crippen LogP contribution in [0.2, 0.25) is 0 Å². The van der Waals surface area contributed by atoms with Gasteiger partial charge in [0.05, 0.1) is 11.1 Å². The van der Waals surface area contributed by atoms with E-state index in [0.29, 0.717) is 10.9 Å². The maximum absolute atomic E-state index is 13.0. The Labute approximate surface area is 168 Å². The second-order valence-electron chi connectivity index (χ2n) is 6.74. The SMILES string of the molecule is CCCCCCSC1=NN2C(=c3ccccc3=N[C@H]2c2ccccn2)C(=O)N1. The molecule has 3 heterocycles. The second-order valence-corrected chi connectivity index (χ2v) is 7.82. The van der Waals surface area contributed by atoms with E-state index < -0.39 is 6.17 Å². The number of para-hydroxylation sites is 1. The number of hydrogen-bond acceptors (Lipinski definition) is 6. The lowest BCUT2D eigenvalue weighted by Gasteiger charge is -2.33. The molecule has 28 heavy (non-hydrogen) atoms. The van der Waals surface area contributed by atoms with Crippen LogP contribution in [0.4, 0.5) is 0 Å². The Hall–Kier alpha value is -2.67. The van der Waals surface area contributed by atoms with Crippen LogP contribution in [0.25, 0.3) is 5.70 Å². The zero-order chi connectivity index (χ0) is 19.3. The summed E-state index contributed by atoms with van der Waals surface area (Å²) in [6.07, 6.45) is 6.05. The fourth-order valence-electron chi connectivity index (χ4n) is 3.31. The van der Waals surface area contributed by atoms with Crippen molar-refractivity contribution in [1.29, 1.82) is 0 Å². The number of nitrogens with one attached hydrogen (secondary N) is 1. The first-order valence-electron chi connectivity index (χ1n) is 9.68. The molecule has 1 amide bonds. The van der Waals surface area contributed by atoms with Crippen LogP contribution in [0.15, 0.2) is 58.8 Å². The number of nitrogens with zero attached hydrogens (tertiary/aromatic N) is 4. The fourth-order valence-corrected chi connectivity index (χ4v) is 4.16. The number of pyridine rings is 1. The number of carbonyl (C=O) groups is 1. The van der Waals surface area contributed by atoms with Crippen LogP contribution in [-0.2, 0) is 4.79 Å². The van der Waals surface area contributed by atoms with Gasteiger partial charge in [-0.1, -0.05) is 62.2 Å². The summed E-state index contributed by atoms with van der Waals surface area (Å²) in [5, 5.41) is 11.6. The molecule has 2 aliphatic heterocycles. The first kappa shape index (κ1) is 18.7. The van der Waals surface area contributed by atoms with Gasteiger partial charge >= 0.3 is 0 Å². The molecule has 4 rings (SSSR count). The summed E-state index contributed by atoms with van der Waals surface area (Å²) in [5.41, 5.74) is 1.29. The summed E-state index contributed by atoms with van der Waals surface area (Å²) in [5.74, 6) is 0.791. The van der Waals surface area contributed by atoms with Gasteiger partial charge in [0.1, 0.15) is 5.70 Å². The number of hydrogen-bond donors (Lipinski definition) is 1. The normalized spacial score (nSPS) is 18.0. The highest BCUT2D eigenvalue weighted by Gasteiger charge is 2.34. The van der Waals surface area contributed by atoms with Crippen molar-refractivity contribution in [3.8, 4) is 0 Å². The van der Waals surface area contributed by atoms with Crippen molar-refractivity contribution in [3.05, 3.63) is 64.9 Å². The molecule has 1 aromatic carbocycles. The maximum atomic E-state index is 13.0. The van der Waals surface area contributed by atoms with E-state index in [1.165, 1.54) is 19.3 Å². The third-order valence-corrected chi connectivity index (χ3v) is 5.65. The Morgan fingerprint density at radius 1 is 1.11 bits per heavy atom. The summed E-state index contributed by atoms with van der Waals surface area (Å²) in [7, 11) is 0. The fraction of sp³-hybridized carbons (Fsp3) is 0.333. The van der Waals surface area contributed by atoms with Gasteiger partial charge in [-0.2, -0.15) is 0 Å². The molecule has 144 valence electrons. The summed E-state index contributed by atoms with van der Waals surface area (Å²) in [4.78, 5) is 22.3. The largest absolute Gasteiger partial charge is 0.298 e. The summed E-state index contributed by atoms with van der Waals surface area (Å²) >= 11 is 1.59. The molecule has 0 aliphatic carbocycles. The quantitative estimate of drug-likeness (QED) is 0.766. The van der Waals surface area contributed by atoms with Crippen LogP contribution in [0.3, 0.4) is 0 Å². The van der Waals surface area contributed by atoms with E-state index in [9.17, 15) is 4.79 Å². The third-order valence-electron chi connectivity index (χ3n) is 4.70. The van der Waals surface area contributed by atoms with Gasteiger partial charge in [-0.05, 0) is 24.6 Å². The molecule has 2 aromatic rings. The average Bonchev–Trinajstić information content (AvgIpc) is 2.73. The Balaban J connectivity index is 1.69. The number of amides is 1. The van der Waals surface area contributed by atoms with Crippen molar-refractivity contribution in [2.75, 3.05) is 5.75 Å². The molecule has 0 bridgehead atoms. The van der Waals surface area contributed by atoms with Crippen molar-refractivity contribution < 1.29 is 4.79 Å². The predicted molar refractivity (Wildman–Crippen MR) is 112 cm³/mol. The second kappa shape index (κ2) is 8.56. The summed E-state index contributed by atoms with van der Waals surface area (Å²) in [6.45, 7) is 2.20. The van der Waals surface area contributed by atoms with Gasteiger partial charge in [0.2, 0.25) is 0 Å². The Kier molecular flexibility index (Phi) is 5.71. The van der Waals surface area contributed by atoms with Gasteiger partial charge in [0.25, 0.3) is 5.91 Å². The van der Waals surface area contributed by atoms with E-state index in [0.717, 1.165) is 28.4 Å². The molecule has 0 unspecified atom stereocenters. The van der Waals surface area contributed by atoms with Gasteiger partial charge in [-0.3, -0.25) is 20.1 Å². The minimum atomic E-state index is -0.451. The van der Waals surface area contributed by atoms with Crippen molar-refractivity contribution in [2.24, 2.45) is 10.1 Å². The highest BCUT2D eigenvalue weighted by molar-refractivity contribution is 8.13. The van der Waals surface area contributed by atoms with Gasteiger partial charge in [0, 0.05) is 17.2 Å². The van der Waals surface area contributed by atoms with Gasteiger partial charge < -0.3 is 0 Å². The first-order valence-corrected chi connectivity index (χ1v) is 10.7. The number of carbonyl (C=O) groups excluding carboxylic acids is 1. The smallest absolute Gasteiger partial charge is 0.276 e. The molecule has 0 saturated carbocycles. The van der Waals surface area contributed by atoms with E-state index in [2.05, 4.69) is 17.2 Å². The molecule has 0 saturated heterocycles. The minimum absolute atomic E-state index is 0.144. The molecule has 0 fully saturated rings. The van der Waals surface area contributed by atoms with Crippen LogP contribution >= 0.6 is 11.8 Å². The number of hydrazone groups is 1. The van der Waals surface area contributed by atoms with E-state index in [4.69, 9.17) is 10.1 Å². The van der Waals surface area contributed by atoms with Crippen molar-refractivity contribution in [1.82, 2.24) is 15.3 Å². The third kappa shape index (κ3) is 3.80. The molecule has 7 heteroatoms. The number of unbranched alkanes of at least 4 members (excludes halogenated alkanes) is 3. The van der Waals surface area contributed by atoms with E-state index >= 15 is 0 Å². The van der Waals surface area contributed by atoms with Crippen LogP contribution in [-0.4, -0.2) is 26.8 Å². The molecule has 1 atom stereocenters. The minimum Gasteiger partial charge on any atom is -0.298 e. The van der Waals surface area contributed by atoms with Gasteiger partial charge in [0.15, 0.2) is 11.3 Å². The lowest BCUT2D eigenvalue weighted by Crippen LogP contribution is -2.50. The van der Waals surface area contributed by atoms with Crippen LogP contribution in [0.5, 0.6) is 0 Å². The summed E-state index contributed by atoms with van der Waals surface area (Å²) < 4.78 is 0. The predicted octanol–water partition coefficient (Wildman–Crippen LogP) is 2.54. The number of amidine groups is 1. The van der Waals surface area contributed by atoms with Crippen LogP contribution in [0, 0.1) is 0 Å². The number of benzene rings is 1. The molecule has 0 spiro atoms. The molecular weight excluding hydrogens is 370 g/mol. The van der Waals surface area contributed by atoms with Gasteiger partial charge in [-0.15, -0.1) is 5.10 Å². The number of fused-ring (bicyclic) bond motifs is 2. The molecule has 0 radical (unpaired) electrons. The van der Waals surface area contributed by atoms with Crippen molar-refractivity contribution >= 4 is 28.5 Å². The van der Waals surface area contributed by atoms with E-state index in [-0.39, 0.29) is 5.91 Å². The van der Waals surface area contributed by atoms with Gasteiger partial charge in [-0.25, -0.2) is 5.01 Å². The maximum Gasteiger partial charge on any atom is 0.276 e.